The highest BCUT2D eigenvalue weighted by Gasteiger charge is 2.16. The molecule has 3 rings (SSSR count). The zero-order valence-electron chi connectivity index (χ0n) is 16.6. The maximum absolute atomic E-state index is 12.7. The summed E-state index contributed by atoms with van der Waals surface area (Å²) in [5.74, 6) is 0.588. The minimum atomic E-state index is -0.492. The molecule has 0 saturated carbocycles. The number of ether oxygens (including phenoxy) is 2. The summed E-state index contributed by atoms with van der Waals surface area (Å²) in [7, 11) is 1.58. The Morgan fingerprint density at radius 3 is 2.46 bits per heavy atom. The van der Waals surface area contributed by atoms with Crippen LogP contribution < -0.4 is 10.4 Å². The minimum absolute atomic E-state index is 0.185. The lowest BCUT2D eigenvalue weighted by molar-refractivity contribution is -0.143. The van der Waals surface area contributed by atoms with Crippen molar-refractivity contribution in [3.63, 3.8) is 0 Å². The number of hydrogen-bond acceptors (Lipinski definition) is 5. The van der Waals surface area contributed by atoms with Crippen molar-refractivity contribution in [3.8, 4) is 17.0 Å². The molecule has 0 spiro atoms. The molecular weight excluding hydrogens is 356 g/mol. The van der Waals surface area contributed by atoms with E-state index in [1.807, 2.05) is 30.3 Å². The molecule has 1 aromatic heterocycles. The van der Waals surface area contributed by atoms with Crippen LogP contribution >= 0.6 is 0 Å². The van der Waals surface area contributed by atoms with Crippen LogP contribution in [-0.2, 0) is 16.1 Å². The fourth-order valence-corrected chi connectivity index (χ4v) is 3.12. The molecule has 1 heterocycles. The number of hydrogen-bond donors (Lipinski definition) is 0. The maximum atomic E-state index is 12.7. The Balaban J connectivity index is 2.20. The lowest BCUT2D eigenvalue weighted by Gasteiger charge is -2.14. The molecule has 0 atom stereocenters. The van der Waals surface area contributed by atoms with E-state index in [9.17, 15) is 9.59 Å². The van der Waals surface area contributed by atoms with E-state index < -0.39 is 11.7 Å². The van der Waals surface area contributed by atoms with Gasteiger partial charge in [-0.1, -0.05) is 38.1 Å². The Morgan fingerprint density at radius 2 is 1.86 bits per heavy atom. The maximum Gasteiger partial charge on any atom is 0.349 e. The van der Waals surface area contributed by atoms with Crippen molar-refractivity contribution in [1.29, 1.82) is 0 Å². The zero-order chi connectivity index (χ0) is 20.3. The fraction of sp³-hybridized carbons (Fsp3) is 0.318. The van der Waals surface area contributed by atoms with Gasteiger partial charge in [0.15, 0.2) is 0 Å². The third kappa shape index (κ3) is 3.91. The van der Waals surface area contributed by atoms with Crippen LogP contribution in [0.1, 0.15) is 32.3 Å². The number of rotatable bonds is 6. The van der Waals surface area contributed by atoms with Crippen molar-refractivity contribution >= 4 is 16.9 Å². The number of esters is 1. The van der Waals surface area contributed by atoms with Crippen molar-refractivity contribution in [2.75, 3.05) is 13.7 Å². The topological polar surface area (TPSA) is 70.4 Å². The first-order valence-electron chi connectivity index (χ1n) is 9.29. The van der Waals surface area contributed by atoms with Gasteiger partial charge in [-0.2, -0.15) is 4.98 Å². The van der Waals surface area contributed by atoms with Gasteiger partial charge < -0.3 is 9.47 Å². The number of aromatic nitrogens is 2. The van der Waals surface area contributed by atoms with Crippen LogP contribution in [0.5, 0.6) is 5.75 Å². The molecule has 0 saturated heterocycles. The third-order valence-electron chi connectivity index (χ3n) is 4.63. The summed E-state index contributed by atoms with van der Waals surface area (Å²) in [6.07, 6.45) is 0. The monoisotopic (exact) mass is 380 g/mol. The van der Waals surface area contributed by atoms with Gasteiger partial charge in [-0.05, 0) is 36.6 Å². The highest BCUT2D eigenvalue weighted by molar-refractivity contribution is 5.94. The van der Waals surface area contributed by atoms with Crippen LogP contribution in [0.3, 0.4) is 0 Å². The summed E-state index contributed by atoms with van der Waals surface area (Å²) in [4.78, 5) is 28.9. The van der Waals surface area contributed by atoms with Crippen molar-refractivity contribution in [1.82, 2.24) is 9.55 Å². The van der Waals surface area contributed by atoms with Gasteiger partial charge in [0.2, 0.25) is 0 Å². The average Bonchev–Trinajstić information content (AvgIpc) is 2.69. The Kier molecular flexibility index (Phi) is 5.78. The molecule has 0 N–H and O–H groups in total. The molecule has 28 heavy (non-hydrogen) atoms. The number of fused-ring (bicyclic) bond motifs is 1. The van der Waals surface area contributed by atoms with Crippen LogP contribution in [0.4, 0.5) is 0 Å². The first-order valence-corrected chi connectivity index (χ1v) is 9.29. The number of nitrogens with zero attached hydrogens (tertiary/aromatic N) is 2. The molecule has 3 aromatic rings. The Hall–Kier alpha value is -3.15. The first kappa shape index (κ1) is 19.6. The number of carbonyl (C=O) groups excluding carboxylic acids is 1. The highest BCUT2D eigenvalue weighted by Crippen LogP contribution is 2.29. The SMILES string of the molecule is CCOC(=O)Cn1c(=O)nc(-c2ccc(C(C)C)cc2)c2cc(OC)ccc21. The smallest absolute Gasteiger partial charge is 0.349 e. The Morgan fingerprint density at radius 1 is 1.14 bits per heavy atom. The lowest BCUT2D eigenvalue weighted by Crippen LogP contribution is -2.28. The van der Waals surface area contributed by atoms with E-state index in [4.69, 9.17) is 9.47 Å². The van der Waals surface area contributed by atoms with Crippen molar-refractivity contribution in [2.24, 2.45) is 0 Å². The standard InChI is InChI=1S/C22H24N2O4/c1-5-28-20(25)13-24-19-11-10-17(27-4)12-18(19)21(23-22(24)26)16-8-6-15(7-9-16)14(2)3/h6-12,14H,5,13H2,1-4H3. The number of benzene rings is 2. The van der Waals surface area contributed by atoms with Gasteiger partial charge in [0, 0.05) is 10.9 Å². The van der Waals surface area contributed by atoms with E-state index in [1.165, 1.54) is 10.1 Å². The van der Waals surface area contributed by atoms with Crippen LogP contribution in [0, 0.1) is 0 Å². The van der Waals surface area contributed by atoms with E-state index in [1.54, 1.807) is 26.2 Å². The minimum Gasteiger partial charge on any atom is -0.497 e. The van der Waals surface area contributed by atoms with Gasteiger partial charge in [0.05, 0.1) is 24.9 Å². The molecule has 0 unspecified atom stereocenters. The molecular formula is C22H24N2O4. The van der Waals surface area contributed by atoms with Crippen LogP contribution in [0.15, 0.2) is 47.3 Å². The van der Waals surface area contributed by atoms with Crippen LogP contribution in [0.25, 0.3) is 22.2 Å². The van der Waals surface area contributed by atoms with Crippen molar-refractivity contribution in [2.45, 2.75) is 33.2 Å². The first-order chi connectivity index (χ1) is 13.4. The number of methoxy groups -OCH3 is 1. The summed E-state index contributed by atoms with van der Waals surface area (Å²) in [6, 6.07) is 13.4. The van der Waals surface area contributed by atoms with Crippen molar-refractivity contribution < 1.29 is 14.3 Å². The summed E-state index contributed by atoms with van der Waals surface area (Å²) < 4.78 is 11.7. The van der Waals surface area contributed by atoms with Gasteiger partial charge in [0.25, 0.3) is 0 Å². The molecule has 0 aliphatic heterocycles. The molecule has 0 aliphatic carbocycles. The zero-order valence-corrected chi connectivity index (χ0v) is 16.6. The Labute approximate surface area is 163 Å². The van der Waals surface area contributed by atoms with Gasteiger partial charge in [0.1, 0.15) is 12.3 Å². The van der Waals surface area contributed by atoms with Gasteiger partial charge in [-0.25, -0.2) is 4.79 Å². The predicted octanol–water partition coefficient (Wildman–Crippen LogP) is 3.76. The highest BCUT2D eigenvalue weighted by atomic mass is 16.5. The quantitative estimate of drug-likeness (QED) is 0.609. The second kappa shape index (κ2) is 8.25. The van der Waals surface area contributed by atoms with Gasteiger partial charge >= 0.3 is 11.7 Å². The second-order valence-electron chi connectivity index (χ2n) is 6.79. The second-order valence-corrected chi connectivity index (χ2v) is 6.79. The molecule has 6 heteroatoms. The predicted molar refractivity (Wildman–Crippen MR) is 109 cm³/mol. The molecule has 0 aliphatic rings. The van der Waals surface area contributed by atoms with Crippen LogP contribution in [0.2, 0.25) is 0 Å². The van der Waals surface area contributed by atoms with Crippen molar-refractivity contribution in [3.05, 3.63) is 58.5 Å². The number of carbonyl (C=O) groups is 1. The lowest BCUT2D eigenvalue weighted by atomic mass is 9.99. The average molecular weight is 380 g/mol. The summed E-state index contributed by atoms with van der Waals surface area (Å²) in [6.45, 7) is 6.06. The van der Waals surface area contributed by atoms with E-state index in [0.717, 1.165) is 10.9 Å². The molecule has 0 amide bonds. The van der Waals surface area contributed by atoms with E-state index in [-0.39, 0.29) is 13.2 Å². The summed E-state index contributed by atoms with van der Waals surface area (Å²) in [5.41, 5.74) is 2.73. The Bertz CT molecular complexity index is 1050. The molecule has 0 bridgehead atoms. The van der Waals surface area contributed by atoms with Gasteiger partial charge in [-0.15, -0.1) is 0 Å². The van der Waals surface area contributed by atoms with E-state index >= 15 is 0 Å². The van der Waals surface area contributed by atoms with E-state index in [2.05, 4.69) is 18.8 Å². The molecule has 0 radical (unpaired) electrons. The molecule has 6 nitrogen and oxygen atoms in total. The third-order valence-corrected chi connectivity index (χ3v) is 4.63. The molecule has 2 aromatic carbocycles. The molecule has 146 valence electrons. The largest absolute Gasteiger partial charge is 0.497 e. The van der Waals surface area contributed by atoms with E-state index in [0.29, 0.717) is 22.9 Å². The van der Waals surface area contributed by atoms with Gasteiger partial charge in [-0.3, -0.25) is 9.36 Å². The summed E-state index contributed by atoms with van der Waals surface area (Å²) >= 11 is 0. The van der Waals surface area contributed by atoms with Crippen LogP contribution in [-0.4, -0.2) is 29.2 Å². The normalized spacial score (nSPS) is 11.0. The fourth-order valence-electron chi connectivity index (χ4n) is 3.12. The summed E-state index contributed by atoms with van der Waals surface area (Å²) in [5, 5.41) is 0.737. The molecule has 0 fully saturated rings.